The summed E-state index contributed by atoms with van der Waals surface area (Å²) in [7, 11) is 0. The molecule has 0 atom stereocenters. The van der Waals surface area contributed by atoms with E-state index >= 15 is 0 Å². The number of halogens is 2. The molecule has 0 radical (unpaired) electrons. The van der Waals surface area contributed by atoms with E-state index in [9.17, 15) is 4.79 Å². The summed E-state index contributed by atoms with van der Waals surface area (Å²) in [6.07, 6.45) is 1.82. The van der Waals surface area contributed by atoms with E-state index in [0.29, 0.717) is 9.50 Å². The molecular formula is C13H14BrClN2O. The van der Waals surface area contributed by atoms with E-state index in [2.05, 4.69) is 28.0 Å². The number of hydrogen-bond donors (Lipinski definition) is 1. The number of benzene rings is 1. The van der Waals surface area contributed by atoms with Gasteiger partial charge in [-0.05, 0) is 47.0 Å². The SMILES string of the molecule is CCCc1[nH]n(-c2ccc(C)c(Cl)c2)c(=O)c1Br. The van der Waals surface area contributed by atoms with E-state index in [1.807, 2.05) is 19.1 Å². The third-order valence-corrected chi connectivity index (χ3v) is 4.04. The van der Waals surface area contributed by atoms with Crippen molar-refractivity contribution in [3.05, 3.63) is 49.3 Å². The monoisotopic (exact) mass is 328 g/mol. The molecule has 0 aliphatic carbocycles. The van der Waals surface area contributed by atoms with Gasteiger partial charge in [-0.1, -0.05) is 31.0 Å². The molecule has 18 heavy (non-hydrogen) atoms. The maximum Gasteiger partial charge on any atom is 0.285 e. The molecule has 0 fully saturated rings. The highest BCUT2D eigenvalue weighted by Crippen LogP contribution is 2.20. The molecule has 1 heterocycles. The van der Waals surface area contributed by atoms with Gasteiger partial charge in [0.05, 0.1) is 11.4 Å². The molecule has 0 unspecified atom stereocenters. The van der Waals surface area contributed by atoms with Crippen LogP contribution in [-0.4, -0.2) is 9.78 Å². The molecule has 5 heteroatoms. The van der Waals surface area contributed by atoms with Gasteiger partial charge in [0, 0.05) is 5.02 Å². The molecule has 96 valence electrons. The van der Waals surface area contributed by atoms with Crippen LogP contribution >= 0.6 is 27.5 Å². The van der Waals surface area contributed by atoms with Crippen molar-refractivity contribution >= 4 is 27.5 Å². The normalized spacial score (nSPS) is 10.9. The van der Waals surface area contributed by atoms with Crippen LogP contribution < -0.4 is 5.56 Å². The van der Waals surface area contributed by atoms with E-state index in [-0.39, 0.29) is 5.56 Å². The van der Waals surface area contributed by atoms with Crippen LogP contribution in [0.5, 0.6) is 0 Å². The molecule has 0 saturated carbocycles. The Bertz CT molecular complexity index is 630. The standard InChI is InChI=1S/C13H14BrClN2O/c1-3-4-11-12(14)13(18)17(16-11)9-6-5-8(2)10(15)7-9/h5-7,16H,3-4H2,1-2H3. The molecule has 0 saturated heterocycles. The lowest BCUT2D eigenvalue weighted by Gasteiger charge is -2.04. The zero-order valence-electron chi connectivity index (χ0n) is 10.3. The summed E-state index contributed by atoms with van der Waals surface area (Å²) >= 11 is 9.42. The average Bonchev–Trinajstić information content (AvgIpc) is 2.62. The Morgan fingerprint density at radius 1 is 1.44 bits per heavy atom. The number of aromatic amines is 1. The molecule has 1 N–H and O–H groups in total. The molecule has 2 aromatic rings. The van der Waals surface area contributed by atoms with Crippen LogP contribution in [0.4, 0.5) is 0 Å². The van der Waals surface area contributed by atoms with Gasteiger partial charge in [0.2, 0.25) is 0 Å². The summed E-state index contributed by atoms with van der Waals surface area (Å²) in [4.78, 5) is 12.1. The highest BCUT2D eigenvalue weighted by Gasteiger charge is 2.12. The molecule has 0 bridgehead atoms. The summed E-state index contributed by atoms with van der Waals surface area (Å²) < 4.78 is 2.11. The fourth-order valence-electron chi connectivity index (χ4n) is 1.78. The van der Waals surface area contributed by atoms with Gasteiger partial charge < -0.3 is 0 Å². The van der Waals surface area contributed by atoms with Crippen molar-refractivity contribution in [2.45, 2.75) is 26.7 Å². The minimum Gasteiger partial charge on any atom is -0.294 e. The maximum absolute atomic E-state index is 12.1. The van der Waals surface area contributed by atoms with E-state index in [1.165, 1.54) is 4.68 Å². The summed E-state index contributed by atoms with van der Waals surface area (Å²) in [5.74, 6) is 0. The van der Waals surface area contributed by atoms with Crippen LogP contribution in [0.25, 0.3) is 5.69 Å². The topological polar surface area (TPSA) is 37.8 Å². The summed E-state index contributed by atoms with van der Waals surface area (Å²) in [6, 6.07) is 5.57. The fourth-order valence-corrected chi connectivity index (χ4v) is 2.42. The van der Waals surface area contributed by atoms with Gasteiger partial charge in [-0.3, -0.25) is 9.89 Å². The van der Waals surface area contributed by atoms with E-state index in [0.717, 1.165) is 29.8 Å². The van der Waals surface area contributed by atoms with E-state index in [1.54, 1.807) is 6.07 Å². The third-order valence-electron chi connectivity index (χ3n) is 2.82. The number of hydrogen-bond acceptors (Lipinski definition) is 1. The molecule has 0 aliphatic rings. The minimum atomic E-state index is -0.0848. The van der Waals surface area contributed by atoms with E-state index < -0.39 is 0 Å². The van der Waals surface area contributed by atoms with Crippen molar-refractivity contribution in [1.29, 1.82) is 0 Å². The smallest absolute Gasteiger partial charge is 0.285 e. The summed E-state index contributed by atoms with van der Waals surface area (Å²) in [5, 5.41) is 3.77. The Kier molecular flexibility index (Phi) is 3.97. The Balaban J connectivity index is 2.54. The largest absolute Gasteiger partial charge is 0.294 e. The lowest BCUT2D eigenvalue weighted by Crippen LogP contribution is -2.14. The van der Waals surface area contributed by atoms with Crippen LogP contribution in [0.3, 0.4) is 0 Å². The summed E-state index contributed by atoms with van der Waals surface area (Å²) in [5.41, 5.74) is 2.57. The van der Waals surface area contributed by atoms with Crippen molar-refractivity contribution in [3.8, 4) is 5.69 Å². The first-order chi connectivity index (χ1) is 8.54. The number of nitrogens with zero attached hydrogens (tertiary/aromatic N) is 1. The second-order valence-corrected chi connectivity index (χ2v) is 5.43. The molecule has 1 aromatic carbocycles. The van der Waals surface area contributed by atoms with Crippen LogP contribution in [-0.2, 0) is 6.42 Å². The van der Waals surface area contributed by atoms with Crippen LogP contribution in [0.2, 0.25) is 5.02 Å². The van der Waals surface area contributed by atoms with Crippen molar-refractivity contribution in [2.75, 3.05) is 0 Å². The zero-order valence-corrected chi connectivity index (χ0v) is 12.6. The van der Waals surface area contributed by atoms with Gasteiger partial charge in [-0.2, -0.15) is 0 Å². The molecule has 0 spiro atoms. The fraction of sp³-hybridized carbons (Fsp3) is 0.308. The van der Waals surface area contributed by atoms with Crippen LogP contribution in [0.15, 0.2) is 27.5 Å². The van der Waals surface area contributed by atoms with Gasteiger partial charge in [-0.15, -0.1) is 0 Å². The molecule has 2 rings (SSSR count). The van der Waals surface area contributed by atoms with Crippen molar-refractivity contribution in [3.63, 3.8) is 0 Å². The highest BCUT2D eigenvalue weighted by molar-refractivity contribution is 9.10. The highest BCUT2D eigenvalue weighted by atomic mass is 79.9. The Hall–Kier alpha value is -1.00. The first-order valence-electron chi connectivity index (χ1n) is 5.80. The maximum atomic E-state index is 12.1. The predicted molar refractivity (Wildman–Crippen MR) is 77.8 cm³/mol. The third kappa shape index (κ3) is 2.40. The van der Waals surface area contributed by atoms with Gasteiger partial charge in [0.15, 0.2) is 0 Å². The average molecular weight is 330 g/mol. The first-order valence-corrected chi connectivity index (χ1v) is 6.97. The van der Waals surface area contributed by atoms with Crippen molar-refractivity contribution in [1.82, 2.24) is 9.78 Å². The van der Waals surface area contributed by atoms with Crippen LogP contribution in [0.1, 0.15) is 24.6 Å². The number of rotatable bonds is 3. The van der Waals surface area contributed by atoms with Gasteiger partial charge in [-0.25, -0.2) is 4.68 Å². The molecule has 0 aliphatic heterocycles. The van der Waals surface area contributed by atoms with Gasteiger partial charge in [0.1, 0.15) is 4.47 Å². The number of aryl methyl sites for hydroxylation is 2. The quantitative estimate of drug-likeness (QED) is 0.912. The molecule has 1 aromatic heterocycles. The van der Waals surface area contributed by atoms with E-state index in [4.69, 9.17) is 11.6 Å². The lowest BCUT2D eigenvalue weighted by atomic mass is 10.2. The Morgan fingerprint density at radius 2 is 2.17 bits per heavy atom. The molecule has 0 amide bonds. The van der Waals surface area contributed by atoms with Crippen molar-refractivity contribution < 1.29 is 0 Å². The summed E-state index contributed by atoms with van der Waals surface area (Å²) in [6.45, 7) is 4.01. The van der Waals surface area contributed by atoms with Gasteiger partial charge >= 0.3 is 0 Å². The lowest BCUT2D eigenvalue weighted by molar-refractivity contribution is 0.793. The first kappa shape index (κ1) is 13.4. The number of aromatic nitrogens is 2. The Morgan fingerprint density at radius 3 is 2.78 bits per heavy atom. The number of nitrogens with one attached hydrogen (secondary N) is 1. The second-order valence-electron chi connectivity index (χ2n) is 4.23. The van der Waals surface area contributed by atoms with Gasteiger partial charge in [0.25, 0.3) is 5.56 Å². The predicted octanol–water partition coefficient (Wildman–Crippen LogP) is 3.84. The molecule has 3 nitrogen and oxygen atoms in total. The minimum absolute atomic E-state index is 0.0848. The second kappa shape index (κ2) is 5.33. The zero-order chi connectivity index (χ0) is 13.3. The number of H-pyrrole nitrogens is 1. The Labute approximate surface area is 119 Å². The van der Waals surface area contributed by atoms with Crippen molar-refractivity contribution in [2.24, 2.45) is 0 Å². The molecular weight excluding hydrogens is 316 g/mol. The van der Waals surface area contributed by atoms with Crippen LogP contribution in [0, 0.1) is 6.92 Å².